The van der Waals surface area contributed by atoms with Crippen molar-refractivity contribution in [2.75, 3.05) is 6.54 Å². The van der Waals surface area contributed by atoms with Gasteiger partial charge in [-0.2, -0.15) is 5.10 Å². The molecule has 0 aromatic carbocycles. The van der Waals surface area contributed by atoms with Gasteiger partial charge < -0.3 is 5.32 Å². The first-order chi connectivity index (χ1) is 8.72. The highest BCUT2D eigenvalue weighted by Crippen LogP contribution is 2.25. The zero-order valence-electron chi connectivity index (χ0n) is 10.7. The van der Waals surface area contributed by atoms with Gasteiger partial charge in [-0.05, 0) is 65.1 Å². The summed E-state index contributed by atoms with van der Waals surface area (Å²) in [5, 5.41) is 10.1. The van der Waals surface area contributed by atoms with E-state index < -0.39 is 0 Å². The fraction of sp³-hybridized carbons (Fsp3) is 0.462. The Balaban J connectivity index is 2.10. The molecule has 0 amide bonds. The summed E-state index contributed by atoms with van der Waals surface area (Å²) in [6.45, 7) is 6.18. The lowest BCUT2D eigenvalue weighted by Crippen LogP contribution is -2.22. The highest BCUT2D eigenvalue weighted by molar-refractivity contribution is 14.1. The monoisotopic (exact) mass is 375 g/mol. The summed E-state index contributed by atoms with van der Waals surface area (Å²) in [6.07, 6.45) is 5.12. The van der Waals surface area contributed by atoms with Crippen molar-refractivity contribution in [2.24, 2.45) is 0 Å². The predicted octanol–water partition coefficient (Wildman–Crippen LogP) is 3.46. The van der Waals surface area contributed by atoms with E-state index in [1.54, 1.807) is 11.3 Å². The van der Waals surface area contributed by atoms with Crippen molar-refractivity contribution in [1.29, 1.82) is 0 Å². The van der Waals surface area contributed by atoms with Crippen LogP contribution < -0.4 is 5.32 Å². The Kier molecular flexibility index (Phi) is 5.20. The van der Waals surface area contributed by atoms with E-state index in [1.165, 1.54) is 14.0 Å². The Morgan fingerprint density at radius 2 is 2.33 bits per heavy atom. The van der Waals surface area contributed by atoms with Crippen LogP contribution in [0.4, 0.5) is 0 Å². The number of aromatic nitrogens is 2. The molecule has 0 fully saturated rings. The number of rotatable bonds is 6. The molecule has 3 nitrogen and oxygen atoms in total. The number of nitrogens with one attached hydrogen (secondary N) is 1. The van der Waals surface area contributed by atoms with Crippen LogP contribution in [0.3, 0.4) is 0 Å². The lowest BCUT2D eigenvalue weighted by molar-refractivity contribution is 0.550. The van der Waals surface area contributed by atoms with Gasteiger partial charge in [-0.25, -0.2) is 0 Å². The molecule has 2 aromatic heterocycles. The van der Waals surface area contributed by atoms with Crippen LogP contribution in [-0.2, 0) is 13.0 Å². The molecule has 2 heterocycles. The largest absolute Gasteiger partial charge is 0.310 e. The van der Waals surface area contributed by atoms with Gasteiger partial charge in [0, 0.05) is 18.8 Å². The van der Waals surface area contributed by atoms with Crippen LogP contribution in [0.25, 0.3) is 0 Å². The van der Waals surface area contributed by atoms with Gasteiger partial charge in [-0.3, -0.25) is 4.68 Å². The van der Waals surface area contributed by atoms with E-state index in [1.807, 2.05) is 10.9 Å². The average molecular weight is 375 g/mol. The number of thiophene rings is 1. The normalized spacial score (nSPS) is 12.8. The Labute approximate surface area is 126 Å². The summed E-state index contributed by atoms with van der Waals surface area (Å²) in [5.74, 6) is 0. The fourth-order valence-corrected chi connectivity index (χ4v) is 3.41. The maximum atomic E-state index is 4.34. The van der Waals surface area contributed by atoms with Crippen molar-refractivity contribution in [3.05, 3.63) is 37.9 Å². The molecule has 18 heavy (non-hydrogen) atoms. The zero-order valence-corrected chi connectivity index (χ0v) is 13.7. The van der Waals surface area contributed by atoms with Crippen molar-refractivity contribution in [1.82, 2.24) is 15.1 Å². The van der Waals surface area contributed by atoms with Gasteiger partial charge in [0.2, 0.25) is 0 Å². The smallest absolute Gasteiger partial charge is 0.0656 e. The third-order valence-electron chi connectivity index (χ3n) is 2.89. The van der Waals surface area contributed by atoms with Gasteiger partial charge >= 0.3 is 0 Å². The SMILES string of the molecule is CCNC(Cc1cnn(CC)c1)c1csc(I)c1. The molecule has 0 aliphatic rings. The van der Waals surface area contributed by atoms with Gasteiger partial charge in [0.15, 0.2) is 0 Å². The van der Waals surface area contributed by atoms with Crippen LogP contribution in [0.15, 0.2) is 23.8 Å². The fourth-order valence-electron chi connectivity index (χ4n) is 1.98. The first-order valence-corrected chi connectivity index (χ1v) is 8.17. The van der Waals surface area contributed by atoms with Gasteiger partial charge in [-0.15, -0.1) is 11.3 Å². The van der Waals surface area contributed by atoms with Crippen LogP contribution in [0.1, 0.15) is 31.0 Å². The van der Waals surface area contributed by atoms with Crippen LogP contribution >= 0.6 is 33.9 Å². The maximum absolute atomic E-state index is 4.34. The average Bonchev–Trinajstić information content (AvgIpc) is 2.97. The molecule has 0 aliphatic carbocycles. The minimum atomic E-state index is 0.393. The van der Waals surface area contributed by atoms with Crippen LogP contribution in [0, 0.1) is 2.88 Å². The molecular formula is C13H18IN3S. The van der Waals surface area contributed by atoms with E-state index in [2.05, 4.69) is 64.5 Å². The second-order valence-corrected chi connectivity index (χ2v) is 7.01. The summed E-state index contributed by atoms with van der Waals surface area (Å²) < 4.78 is 3.32. The first-order valence-electron chi connectivity index (χ1n) is 6.21. The summed E-state index contributed by atoms with van der Waals surface area (Å²) in [7, 11) is 0. The predicted molar refractivity (Wildman–Crippen MR) is 85.1 cm³/mol. The third-order valence-corrected chi connectivity index (χ3v) is 4.70. The Bertz CT molecular complexity index is 492. The van der Waals surface area contributed by atoms with Gasteiger partial charge in [-0.1, -0.05) is 6.92 Å². The Morgan fingerprint density at radius 1 is 1.50 bits per heavy atom. The van der Waals surface area contributed by atoms with E-state index in [-0.39, 0.29) is 0 Å². The van der Waals surface area contributed by atoms with E-state index in [4.69, 9.17) is 0 Å². The number of hydrogen-bond acceptors (Lipinski definition) is 3. The molecule has 1 atom stereocenters. The molecule has 1 unspecified atom stereocenters. The summed E-state index contributed by atoms with van der Waals surface area (Å²) in [6, 6.07) is 2.66. The number of likely N-dealkylation sites (N-methyl/N-ethyl adjacent to an activating group) is 1. The summed E-state index contributed by atoms with van der Waals surface area (Å²) >= 11 is 4.18. The van der Waals surface area contributed by atoms with Crippen molar-refractivity contribution < 1.29 is 0 Å². The van der Waals surface area contributed by atoms with Gasteiger partial charge in [0.05, 0.1) is 9.08 Å². The first kappa shape index (κ1) is 14.0. The number of nitrogens with zero attached hydrogens (tertiary/aromatic N) is 2. The quantitative estimate of drug-likeness (QED) is 0.784. The third kappa shape index (κ3) is 3.55. The zero-order chi connectivity index (χ0) is 13.0. The molecule has 2 rings (SSSR count). The maximum Gasteiger partial charge on any atom is 0.0656 e. The van der Waals surface area contributed by atoms with Gasteiger partial charge in [0.25, 0.3) is 0 Å². The van der Waals surface area contributed by atoms with Crippen molar-refractivity contribution in [3.8, 4) is 0 Å². The summed E-state index contributed by atoms with van der Waals surface area (Å²) in [5.41, 5.74) is 2.68. The second kappa shape index (κ2) is 6.68. The Morgan fingerprint density at radius 3 is 2.89 bits per heavy atom. The van der Waals surface area contributed by atoms with Crippen LogP contribution in [-0.4, -0.2) is 16.3 Å². The number of hydrogen-bond donors (Lipinski definition) is 1. The lowest BCUT2D eigenvalue weighted by atomic mass is 10.0. The molecular weight excluding hydrogens is 357 g/mol. The van der Waals surface area contributed by atoms with E-state index in [0.717, 1.165) is 19.5 Å². The van der Waals surface area contributed by atoms with Crippen LogP contribution in [0.2, 0.25) is 0 Å². The lowest BCUT2D eigenvalue weighted by Gasteiger charge is -2.15. The number of aryl methyl sites for hydroxylation is 1. The molecule has 2 aromatic rings. The van der Waals surface area contributed by atoms with E-state index in [0.29, 0.717) is 6.04 Å². The standard InChI is InChI=1S/C13H18IN3S/c1-3-15-12(11-6-13(14)18-9-11)5-10-7-16-17(4-2)8-10/h6-9,12,15H,3-5H2,1-2H3. The molecule has 0 radical (unpaired) electrons. The summed E-state index contributed by atoms with van der Waals surface area (Å²) in [4.78, 5) is 0. The topological polar surface area (TPSA) is 29.9 Å². The van der Waals surface area contributed by atoms with Crippen molar-refractivity contribution >= 4 is 33.9 Å². The molecule has 0 saturated heterocycles. The Hall–Kier alpha value is -0.400. The molecule has 0 aliphatic heterocycles. The number of halogens is 1. The molecule has 0 bridgehead atoms. The highest BCUT2D eigenvalue weighted by Gasteiger charge is 2.13. The minimum absolute atomic E-state index is 0.393. The molecule has 5 heteroatoms. The van der Waals surface area contributed by atoms with Crippen molar-refractivity contribution in [2.45, 2.75) is 32.9 Å². The molecule has 0 saturated carbocycles. The van der Waals surface area contributed by atoms with E-state index >= 15 is 0 Å². The van der Waals surface area contributed by atoms with Crippen molar-refractivity contribution in [3.63, 3.8) is 0 Å². The highest BCUT2D eigenvalue weighted by atomic mass is 127. The minimum Gasteiger partial charge on any atom is -0.310 e. The molecule has 1 N–H and O–H groups in total. The van der Waals surface area contributed by atoms with Crippen LogP contribution in [0.5, 0.6) is 0 Å². The molecule has 0 spiro atoms. The second-order valence-electron chi connectivity index (χ2n) is 4.20. The molecule has 98 valence electrons. The van der Waals surface area contributed by atoms with Gasteiger partial charge in [0.1, 0.15) is 0 Å². The van der Waals surface area contributed by atoms with E-state index in [9.17, 15) is 0 Å².